The molecule has 1 aliphatic rings. The summed E-state index contributed by atoms with van der Waals surface area (Å²) in [6.07, 6.45) is -4.38. The number of benzene rings is 2. The van der Waals surface area contributed by atoms with Gasteiger partial charge in [-0.15, -0.1) is 0 Å². The summed E-state index contributed by atoms with van der Waals surface area (Å²) in [6.45, 7) is 1.41. The van der Waals surface area contributed by atoms with Crippen LogP contribution in [0.4, 0.5) is 40.7 Å². The van der Waals surface area contributed by atoms with Gasteiger partial charge in [-0.1, -0.05) is 11.6 Å². The van der Waals surface area contributed by atoms with Crippen LogP contribution in [0.15, 0.2) is 36.4 Å². The quantitative estimate of drug-likeness (QED) is 0.670. The fourth-order valence-corrected chi connectivity index (χ4v) is 2.83. The normalized spacial score (nSPS) is 13.0. The summed E-state index contributed by atoms with van der Waals surface area (Å²) in [4.78, 5) is 24.6. The minimum absolute atomic E-state index is 0.138. The first kappa shape index (κ1) is 18.8. The number of alkyl halides is 3. The minimum atomic E-state index is -4.67. The second kappa shape index (κ2) is 7.36. The van der Waals surface area contributed by atoms with E-state index in [4.69, 9.17) is 11.6 Å². The predicted octanol–water partition coefficient (Wildman–Crippen LogP) is 4.39. The third-order valence-electron chi connectivity index (χ3n) is 3.88. The van der Waals surface area contributed by atoms with Crippen molar-refractivity contribution in [1.82, 2.24) is 0 Å². The molecule has 6 nitrogen and oxygen atoms in total. The molecule has 0 aromatic heterocycles. The summed E-state index contributed by atoms with van der Waals surface area (Å²) in [7, 11) is 0. The van der Waals surface area contributed by atoms with E-state index in [1.807, 2.05) is 0 Å². The Morgan fingerprint density at radius 3 is 2.48 bits per heavy atom. The molecule has 3 N–H and O–H groups in total. The van der Waals surface area contributed by atoms with Crippen molar-refractivity contribution < 1.29 is 22.8 Å². The molecule has 0 radical (unpaired) electrons. The Kier molecular flexibility index (Phi) is 5.13. The van der Waals surface area contributed by atoms with Gasteiger partial charge in [0.05, 0.1) is 27.6 Å². The van der Waals surface area contributed by atoms with Crippen LogP contribution in [0.1, 0.15) is 5.56 Å². The van der Waals surface area contributed by atoms with Crippen LogP contribution in [0.3, 0.4) is 0 Å². The Morgan fingerprint density at radius 1 is 1.11 bits per heavy atom. The smallest absolute Gasteiger partial charge is 0.382 e. The van der Waals surface area contributed by atoms with Crippen LogP contribution >= 0.6 is 11.6 Å². The van der Waals surface area contributed by atoms with E-state index in [-0.39, 0.29) is 17.8 Å². The molecule has 10 heteroatoms. The first-order chi connectivity index (χ1) is 12.8. The molecule has 0 spiro atoms. The lowest BCUT2D eigenvalue weighted by molar-refractivity contribution is -0.137. The Balaban J connectivity index is 1.83. The zero-order valence-electron chi connectivity index (χ0n) is 13.7. The molecule has 2 aromatic rings. The first-order valence-electron chi connectivity index (χ1n) is 7.83. The van der Waals surface area contributed by atoms with E-state index in [0.29, 0.717) is 18.3 Å². The highest BCUT2D eigenvalue weighted by Crippen LogP contribution is 2.36. The van der Waals surface area contributed by atoms with Crippen LogP contribution in [0.25, 0.3) is 0 Å². The highest BCUT2D eigenvalue weighted by atomic mass is 35.5. The van der Waals surface area contributed by atoms with Gasteiger partial charge in [-0.25, -0.2) is 9.69 Å². The fraction of sp³-hybridized carbons (Fsp3) is 0.176. The third kappa shape index (κ3) is 4.08. The number of halogens is 4. The van der Waals surface area contributed by atoms with Gasteiger partial charge in [-0.3, -0.25) is 4.79 Å². The predicted molar refractivity (Wildman–Crippen MR) is 97.4 cm³/mol. The summed E-state index contributed by atoms with van der Waals surface area (Å²) in [5, 5.41) is 8.06. The molecule has 3 amide bonds. The Morgan fingerprint density at radius 2 is 1.81 bits per heavy atom. The molecule has 0 aliphatic carbocycles. The molecule has 27 heavy (non-hydrogen) atoms. The van der Waals surface area contributed by atoms with E-state index >= 15 is 0 Å². The summed E-state index contributed by atoms with van der Waals surface area (Å²) in [5.74, 6) is 0. The number of amides is 3. The van der Waals surface area contributed by atoms with Crippen molar-refractivity contribution in [3.05, 3.63) is 47.0 Å². The van der Waals surface area contributed by atoms with E-state index in [2.05, 4.69) is 16.0 Å². The van der Waals surface area contributed by atoms with Crippen molar-refractivity contribution in [2.75, 3.05) is 33.9 Å². The average molecular weight is 399 g/mol. The number of carbonyl (C=O) groups is 2. The zero-order valence-corrected chi connectivity index (χ0v) is 14.5. The van der Waals surface area contributed by atoms with Crippen LogP contribution < -0.4 is 20.9 Å². The molecule has 1 aliphatic heterocycles. The number of rotatable bonds is 3. The summed E-state index contributed by atoms with van der Waals surface area (Å²) < 4.78 is 38.8. The first-order valence-corrected chi connectivity index (χ1v) is 8.21. The zero-order chi connectivity index (χ0) is 19.6. The average Bonchev–Trinajstić information content (AvgIpc) is 2.63. The van der Waals surface area contributed by atoms with Gasteiger partial charge in [-0.05, 0) is 36.4 Å². The van der Waals surface area contributed by atoms with Crippen molar-refractivity contribution in [3.8, 4) is 0 Å². The van der Waals surface area contributed by atoms with E-state index < -0.39 is 22.8 Å². The second-order valence-electron chi connectivity index (χ2n) is 5.68. The molecule has 0 atom stereocenters. The standard InChI is InChI=1S/C17H14ClF3N4O2/c18-13-3-1-10(7-12(13)17(19,20)21)24-16(27)25(9-26)11-2-4-14-15(8-11)23-6-5-22-14/h1-4,7-9,22-23H,5-6H2,(H,24,27). The monoisotopic (exact) mass is 398 g/mol. The summed E-state index contributed by atoms with van der Waals surface area (Å²) in [5.41, 5.74) is 0.584. The lowest BCUT2D eigenvalue weighted by Crippen LogP contribution is -2.34. The highest BCUT2D eigenvalue weighted by Gasteiger charge is 2.33. The molecule has 0 unspecified atom stereocenters. The molecule has 0 saturated heterocycles. The summed E-state index contributed by atoms with van der Waals surface area (Å²) in [6, 6.07) is 6.90. The van der Waals surface area contributed by atoms with Crippen molar-refractivity contribution in [1.29, 1.82) is 0 Å². The van der Waals surface area contributed by atoms with E-state index in [0.717, 1.165) is 23.2 Å². The van der Waals surface area contributed by atoms with E-state index in [9.17, 15) is 22.8 Å². The van der Waals surface area contributed by atoms with Crippen LogP contribution in [0.5, 0.6) is 0 Å². The van der Waals surface area contributed by atoms with Crippen molar-refractivity contribution in [2.45, 2.75) is 6.18 Å². The molecule has 0 bridgehead atoms. The highest BCUT2D eigenvalue weighted by molar-refractivity contribution is 6.31. The van der Waals surface area contributed by atoms with Gasteiger partial charge in [0, 0.05) is 18.8 Å². The van der Waals surface area contributed by atoms with Crippen molar-refractivity contribution in [3.63, 3.8) is 0 Å². The number of imide groups is 1. The van der Waals surface area contributed by atoms with Crippen LogP contribution in [0.2, 0.25) is 5.02 Å². The molecule has 2 aromatic carbocycles. The largest absolute Gasteiger partial charge is 0.417 e. The number of hydrogen-bond acceptors (Lipinski definition) is 4. The Bertz CT molecular complexity index is 889. The van der Waals surface area contributed by atoms with Gasteiger partial charge < -0.3 is 16.0 Å². The number of nitrogens with zero attached hydrogens (tertiary/aromatic N) is 1. The molecular formula is C17H14ClF3N4O2. The number of nitrogens with one attached hydrogen (secondary N) is 3. The van der Waals surface area contributed by atoms with E-state index in [1.165, 1.54) is 6.07 Å². The number of hydrogen-bond donors (Lipinski definition) is 3. The molecule has 1 heterocycles. The molecule has 0 fully saturated rings. The van der Waals surface area contributed by atoms with Gasteiger partial charge in [0.15, 0.2) is 0 Å². The number of carbonyl (C=O) groups excluding carboxylic acids is 2. The van der Waals surface area contributed by atoms with E-state index in [1.54, 1.807) is 18.2 Å². The topological polar surface area (TPSA) is 73.5 Å². The Hall–Kier alpha value is -2.94. The van der Waals surface area contributed by atoms with Gasteiger partial charge in [0.1, 0.15) is 0 Å². The van der Waals surface area contributed by atoms with Crippen molar-refractivity contribution >= 4 is 46.8 Å². The fourth-order valence-electron chi connectivity index (χ4n) is 2.61. The molecule has 0 saturated carbocycles. The molecule has 142 valence electrons. The third-order valence-corrected chi connectivity index (χ3v) is 4.21. The number of urea groups is 1. The van der Waals surface area contributed by atoms with Gasteiger partial charge >= 0.3 is 12.2 Å². The van der Waals surface area contributed by atoms with Crippen molar-refractivity contribution in [2.24, 2.45) is 0 Å². The molecule has 3 rings (SSSR count). The van der Waals surface area contributed by atoms with Crippen LogP contribution in [-0.2, 0) is 11.0 Å². The van der Waals surface area contributed by atoms with Crippen LogP contribution in [0, 0.1) is 0 Å². The lowest BCUT2D eigenvalue weighted by atomic mass is 10.2. The number of anilines is 4. The molecular weight excluding hydrogens is 385 g/mol. The van der Waals surface area contributed by atoms with Crippen LogP contribution in [-0.4, -0.2) is 25.5 Å². The SMILES string of the molecule is O=CN(C(=O)Nc1ccc(Cl)c(C(F)(F)F)c1)c1ccc2c(c1)NCCN2. The van der Waals surface area contributed by atoms with Gasteiger partial charge in [0.25, 0.3) is 0 Å². The number of fused-ring (bicyclic) bond motifs is 1. The maximum atomic E-state index is 12.9. The summed E-state index contributed by atoms with van der Waals surface area (Å²) >= 11 is 5.56. The Labute approximate surface area is 157 Å². The second-order valence-corrected chi connectivity index (χ2v) is 6.09. The van der Waals surface area contributed by atoms with Gasteiger partial charge in [0.2, 0.25) is 6.41 Å². The lowest BCUT2D eigenvalue weighted by Gasteiger charge is -2.23. The minimum Gasteiger partial charge on any atom is -0.382 e. The van der Waals surface area contributed by atoms with Gasteiger partial charge in [-0.2, -0.15) is 13.2 Å². The maximum Gasteiger partial charge on any atom is 0.417 e. The maximum absolute atomic E-state index is 12.9.